The summed E-state index contributed by atoms with van der Waals surface area (Å²) in [6, 6.07) is 5.96. The molecule has 2 atom stereocenters. The highest BCUT2D eigenvalue weighted by atomic mass is 35.5. The topological polar surface area (TPSA) is 83.9 Å². The molecule has 1 aliphatic heterocycles. The van der Waals surface area contributed by atoms with Crippen molar-refractivity contribution in [2.75, 3.05) is 19.3 Å². The lowest BCUT2D eigenvalue weighted by Gasteiger charge is -2.36. The Morgan fingerprint density at radius 3 is 2.66 bits per heavy atom. The smallest absolute Gasteiger partial charge is 0.369 e. The predicted octanol–water partition coefficient (Wildman–Crippen LogP) is 4.02. The van der Waals surface area contributed by atoms with Crippen molar-refractivity contribution in [3.8, 4) is 10.6 Å². The van der Waals surface area contributed by atoms with Crippen molar-refractivity contribution in [1.82, 2.24) is 9.29 Å². The molecule has 0 spiro atoms. The molecule has 0 unspecified atom stereocenters. The Hall–Kier alpha value is -1.92. The normalized spacial score (nSPS) is 25.1. The van der Waals surface area contributed by atoms with E-state index in [0.29, 0.717) is 14.9 Å². The van der Waals surface area contributed by atoms with Gasteiger partial charge in [-0.3, -0.25) is 4.31 Å². The molecule has 13 heteroatoms. The van der Waals surface area contributed by atoms with Crippen LogP contribution in [-0.2, 0) is 15.5 Å². The molecular formula is C16H16ClF4N5OS2. The highest BCUT2D eigenvalue weighted by Crippen LogP contribution is 2.36. The number of aliphatic imine (C=N–C) groups is 1. The van der Waals surface area contributed by atoms with Gasteiger partial charge in [0.1, 0.15) is 33.5 Å². The van der Waals surface area contributed by atoms with E-state index in [1.807, 2.05) is 0 Å². The number of aromatic nitrogens is 1. The van der Waals surface area contributed by atoms with E-state index in [-0.39, 0.29) is 11.7 Å². The van der Waals surface area contributed by atoms with E-state index in [2.05, 4.69) is 14.3 Å². The van der Waals surface area contributed by atoms with Crippen molar-refractivity contribution < 1.29 is 21.8 Å². The molecule has 2 aromatic rings. The summed E-state index contributed by atoms with van der Waals surface area (Å²) >= 11 is 7.16. The highest BCUT2D eigenvalue weighted by Gasteiger charge is 2.42. The summed E-state index contributed by atoms with van der Waals surface area (Å²) in [6.45, 7) is -0.213. The summed E-state index contributed by atoms with van der Waals surface area (Å²) in [6.07, 6.45) is -4.65. The van der Waals surface area contributed by atoms with Gasteiger partial charge < -0.3 is 5.73 Å². The Labute approximate surface area is 173 Å². The van der Waals surface area contributed by atoms with E-state index in [1.54, 1.807) is 12.1 Å². The van der Waals surface area contributed by atoms with Gasteiger partial charge in [-0.2, -0.15) is 13.2 Å². The number of guanidine groups is 1. The molecule has 2 N–H and O–H groups in total. The van der Waals surface area contributed by atoms with Crippen molar-refractivity contribution in [3.05, 3.63) is 40.1 Å². The van der Waals surface area contributed by atoms with Crippen LogP contribution in [0.2, 0.25) is 4.34 Å². The summed E-state index contributed by atoms with van der Waals surface area (Å²) in [5.41, 5.74) is 4.42. The average molecular weight is 470 g/mol. The minimum atomic E-state index is -4.65. The van der Waals surface area contributed by atoms with Crippen LogP contribution in [0.15, 0.2) is 33.6 Å². The van der Waals surface area contributed by atoms with Crippen LogP contribution in [0.5, 0.6) is 0 Å². The number of halogens is 5. The summed E-state index contributed by atoms with van der Waals surface area (Å²) in [4.78, 5) is 9.13. The SMILES string of the molecule is CN1C(N)=N[C@](C)(c2nc(-c3ccc(Cl)s3)ccc2F)C[S@@]1(=O)=NCC(F)(F)F. The molecule has 3 heterocycles. The molecule has 0 amide bonds. The lowest BCUT2D eigenvalue weighted by molar-refractivity contribution is -0.117. The number of rotatable bonds is 3. The zero-order valence-electron chi connectivity index (χ0n) is 15.2. The van der Waals surface area contributed by atoms with E-state index < -0.39 is 39.7 Å². The highest BCUT2D eigenvalue weighted by molar-refractivity contribution is 7.92. The van der Waals surface area contributed by atoms with Crippen LogP contribution < -0.4 is 5.73 Å². The Morgan fingerprint density at radius 2 is 2.07 bits per heavy atom. The van der Waals surface area contributed by atoms with Gasteiger partial charge in [0, 0.05) is 7.05 Å². The number of thiophene rings is 1. The van der Waals surface area contributed by atoms with Gasteiger partial charge in [0.15, 0.2) is 0 Å². The quantitative estimate of drug-likeness (QED) is 0.689. The molecule has 0 bridgehead atoms. The van der Waals surface area contributed by atoms with Crippen LogP contribution in [0.25, 0.3) is 10.6 Å². The zero-order chi connectivity index (χ0) is 21.6. The van der Waals surface area contributed by atoms with Gasteiger partial charge in [0.2, 0.25) is 5.96 Å². The maximum Gasteiger partial charge on any atom is 0.408 e. The maximum atomic E-state index is 14.7. The molecule has 2 aromatic heterocycles. The fourth-order valence-electron chi connectivity index (χ4n) is 2.80. The zero-order valence-corrected chi connectivity index (χ0v) is 17.6. The van der Waals surface area contributed by atoms with Crippen LogP contribution in [0.4, 0.5) is 17.6 Å². The summed E-state index contributed by atoms with van der Waals surface area (Å²) < 4.78 is 70.5. The number of nitrogens with zero attached hydrogens (tertiary/aromatic N) is 4. The van der Waals surface area contributed by atoms with Crippen LogP contribution in [0.3, 0.4) is 0 Å². The molecule has 158 valence electrons. The second-order valence-corrected chi connectivity index (χ2v) is 10.5. The third-order valence-corrected chi connectivity index (χ3v) is 7.98. The largest absolute Gasteiger partial charge is 0.408 e. The van der Waals surface area contributed by atoms with Crippen LogP contribution >= 0.6 is 22.9 Å². The van der Waals surface area contributed by atoms with Crippen molar-refractivity contribution >= 4 is 38.8 Å². The lowest BCUT2D eigenvalue weighted by atomic mass is 9.99. The van der Waals surface area contributed by atoms with Crippen molar-refractivity contribution in [1.29, 1.82) is 0 Å². The number of alkyl halides is 3. The molecule has 6 nitrogen and oxygen atoms in total. The van der Waals surface area contributed by atoms with E-state index in [9.17, 15) is 21.8 Å². The van der Waals surface area contributed by atoms with Gasteiger partial charge in [-0.25, -0.2) is 22.9 Å². The van der Waals surface area contributed by atoms with Crippen molar-refractivity contribution in [2.24, 2.45) is 15.1 Å². The standard InChI is InChI=1S/C16H16ClF4N5OS2/c1-15(8-29(27,23-7-16(19,20)21)26(2)14(22)25-15)13-9(18)3-4-10(24-13)11-5-6-12(17)28-11/h3-6H,7-8H2,1-2H3,(H2,22,25)/t15-,29+/m0/s1. The first-order chi connectivity index (χ1) is 13.3. The number of hydrogen-bond acceptors (Lipinski definition) is 6. The van der Waals surface area contributed by atoms with Crippen molar-refractivity contribution in [2.45, 2.75) is 18.6 Å². The van der Waals surface area contributed by atoms with E-state index in [0.717, 1.165) is 10.4 Å². The molecular weight excluding hydrogens is 454 g/mol. The number of nitrogens with two attached hydrogens (primary N) is 1. The molecule has 1 aliphatic rings. The van der Waals surface area contributed by atoms with Gasteiger partial charge in [0.25, 0.3) is 0 Å². The summed E-state index contributed by atoms with van der Waals surface area (Å²) in [5.74, 6) is -1.58. The minimum Gasteiger partial charge on any atom is -0.369 e. The third-order valence-electron chi connectivity index (χ3n) is 4.21. The predicted molar refractivity (Wildman–Crippen MR) is 106 cm³/mol. The number of pyridine rings is 1. The van der Waals surface area contributed by atoms with Gasteiger partial charge in [-0.05, 0) is 31.2 Å². The van der Waals surface area contributed by atoms with Crippen LogP contribution in [-0.4, -0.2) is 45.0 Å². The van der Waals surface area contributed by atoms with E-state index in [4.69, 9.17) is 17.3 Å². The molecule has 0 aliphatic carbocycles. The molecule has 3 rings (SSSR count). The fraction of sp³-hybridized carbons (Fsp3) is 0.375. The molecule has 0 saturated carbocycles. The van der Waals surface area contributed by atoms with Gasteiger partial charge in [0.05, 0.1) is 20.7 Å². The van der Waals surface area contributed by atoms with E-state index >= 15 is 0 Å². The fourth-order valence-corrected chi connectivity index (χ4v) is 5.89. The maximum absolute atomic E-state index is 14.7. The molecule has 29 heavy (non-hydrogen) atoms. The van der Waals surface area contributed by atoms with Crippen molar-refractivity contribution in [3.63, 3.8) is 0 Å². The third kappa shape index (κ3) is 4.48. The van der Waals surface area contributed by atoms with Gasteiger partial charge in [-0.1, -0.05) is 11.6 Å². The first kappa shape index (κ1) is 21.8. The minimum absolute atomic E-state index is 0.189. The van der Waals surface area contributed by atoms with E-state index in [1.165, 1.54) is 31.4 Å². The summed E-state index contributed by atoms with van der Waals surface area (Å²) in [5, 5.41) is 0. The first-order valence-electron chi connectivity index (χ1n) is 8.12. The molecule has 0 saturated heterocycles. The van der Waals surface area contributed by atoms with Crippen LogP contribution in [0.1, 0.15) is 12.6 Å². The molecule has 0 fully saturated rings. The molecule has 0 aromatic carbocycles. The summed E-state index contributed by atoms with van der Waals surface area (Å²) in [7, 11) is -2.41. The Morgan fingerprint density at radius 1 is 1.38 bits per heavy atom. The van der Waals surface area contributed by atoms with Gasteiger partial charge >= 0.3 is 6.18 Å². The monoisotopic (exact) mass is 469 g/mol. The molecule has 0 radical (unpaired) electrons. The second kappa shape index (κ2) is 7.40. The second-order valence-electron chi connectivity index (χ2n) is 6.53. The van der Waals surface area contributed by atoms with Gasteiger partial charge in [-0.15, -0.1) is 11.3 Å². The first-order valence-corrected chi connectivity index (χ1v) is 11.0. The Kier molecular flexibility index (Phi) is 5.56. The Balaban J connectivity index is 2.11. The van der Waals surface area contributed by atoms with Crippen LogP contribution in [0, 0.1) is 5.82 Å². The Bertz CT molecular complexity index is 1090. The number of hydrogen-bond donors (Lipinski definition) is 1. The lowest BCUT2D eigenvalue weighted by Crippen LogP contribution is -2.51. The average Bonchev–Trinajstić information content (AvgIpc) is 3.04.